The van der Waals surface area contributed by atoms with Crippen LogP contribution < -0.4 is 20.2 Å². The summed E-state index contributed by atoms with van der Waals surface area (Å²) in [5.41, 5.74) is 4.28. The number of anilines is 1. The zero-order valence-corrected chi connectivity index (χ0v) is 22.2. The van der Waals surface area contributed by atoms with E-state index >= 15 is 0 Å². The molecule has 0 radical (unpaired) electrons. The number of rotatable bonds is 7. The molecule has 0 spiro atoms. The number of amides is 3. The number of carbonyl (C=O) groups is 2. The molecule has 37 heavy (non-hydrogen) atoms. The van der Waals surface area contributed by atoms with E-state index in [9.17, 15) is 14.0 Å². The highest BCUT2D eigenvalue weighted by Gasteiger charge is 2.33. The molecule has 1 heterocycles. The molecule has 0 saturated carbocycles. The fourth-order valence-electron chi connectivity index (χ4n) is 3.18. The highest BCUT2D eigenvalue weighted by Crippen LogP contribution is 2.34. The van der Waals surface area contributed by atoms with Gasteiger partial charge in [-0.3, -0.25) is 4.79 Å². The molecule has 1 aliphatic rings. The quantitative estimate of drug-likeness (QED) is 0.241. The Bertz CT molecular complexity index is 1400. The Hall–Kier alpha value is -3.31. The molecule has 2 N–H and O–H groups in total. The van der Waals surface area contributed by atoms with Crippen molar-refractivity contribution in [3.8, 4) is 11.5 Å². The molecule has 3 amide bonds. The molecule has 3 aromatic rings. The number of hydrogen-bond acceptors (Lipinski definition) is 6. The van der Waals surface area contributed by atoms with Crippen molar-refractivity contribution in [3.63, 3.8) is 0 Å². The van der Waals surface area contributed by atoms with Gasteiger partial charge in [0.1, 0.15) is 12.4 Å². The third-order valence-corrected chi connectivity index (χ3v) is 7.02. The first-order chi connectivity index (χ1) is 17.7. The number of methoxy groups -OCH3 is 1. The van der Waals surface area contributed by atoms with Gasteiger partial charge in [0.25, 0.3) is 5.91 Å². The minimum Gasteiger partial charge on any atom is -0.493 e. The van der Waals surface area contributed by atoms with Crippen molar-refractivity contribution in [3.05, 3.63) is 92.6 Å². The number of thiocarbonyl (C=S) groups is 1. The Morgan fingerprint density at radius 3 is 2.54 bits per heavy atom. The molecule has 1 aliphatic heterocycles. The van der Waals surface area contributed by atoms with Crippen LogP contribution in [0.25, 0.3) is 6.08 Å². The van der Waals surface area contributed by atoms with Crippen molar-refractivity contribution in [1.29, 1.82) is 0 Å². The fourth-order valence-corrected chi connectivity index (χ4v) is 4.66. The summed E-state index contributed by atoms with van der Waals surface area (Å²) in [6.07, 6.45) is 1.63. The van der Waals surface area contributed by atoms with Gasteiger partial charge in [-0.05, 0) is 71.9 Å². The Labute approximate surface area is 231 Å². The normalized spacial score (nSPS) is 14.2. The summed E-state index contributed by atoms with van der Waals surface area (Å²) >= 11 is 18.2. The van der Waals surface area contributed by atoms with E-state index in [1.165, 1.54) is 31.4 Å². The van der Waals surface area contributed by atoms with Gasteiger partial charge in [0.05, 0.1) is 22.1 Å². The van der Waals surface area contributed by atoms with Crippen LogP contribution in [0.1, 0.15) is 11.1 Å². The summed E-state index contributed by atoms with van der Waals surface area (Å²) < 4.78 is 24.5. The van der Waals surface area contributed by atoms with Crippen LogP contribution in [0, 0.1) is 5.82 Å². The standard InChI is InChI=1S/C25H18Cl2FN3O4S2/c1-34-21-10-15(4-9-20(21)35-13-14-2-5-16(28)6-3-14)11-22-23(32)31(25(36)37-22)30-24(33)29-17-7-8-18(26)19(27)12-17/h2-12H,13H2,1H3,(H2,29,30,33)/b22-11-. The SMILES string of the molecule is COc1cc(/C=C2\SC(=S)N(NC(=O)Nc3ccc(Cl)c(Cl)c3)C2=O)ccc1OCc1ccc(F)cc1. The molecular weight excluding hydrogens is 560 g/mol. The van der Waals surface area contributed by atoms with Crippen LogP contribution in [-0.4, -0.2) is 28.4 Å². The second kappa shape index (κ2) is 11.8. The topological polar surface area (TPSA) is 79.9 Å². The lowest BCUT2D eigenvalue weighted by molar-refractivity contribution is -0.123. The van der Waals surface area contributed by atoms with Crippen LogP contribution in [0.2, 0.25) is 10.0 Å². The van der Waals surface area contributed by atoms with Crippen molar-refractivity contribution < 1.29 is 23.5 Å². The van der Waals surface area contributed by atoms with Gasteiger partial charge in [-0.15, -0.1) is 0 Å². The van der Waals surface area contributed by atoms with Gasteiger partial charge in [-0.2, -0.15) is 5.01 Å². The van der Waals surface area contributed by atoms with E-state index in [1.54, 1.807) is 42.5 Å². The number of halogens is 3. The van der Waals surface area contributed by atoms with E-state index in [4.69, 9.17) is 44.9 Å². The van der Waals surface area contributed by atoms with Crippen molar-refractivity contribution in [2.45, 2.75) is 6.61 Å². The number of carbonyl (C=O) groups excluding carboxylic acids is 2. The van der Waals surface area contributed by atoms with Crippen LogP contribution in [0.15, 0.2) is 65.6 Å². The number of benzene rings is 3. The molecule has 0 unspecified atom stereocenters. The van der Waals surface area contributed by atoms with Gasteiger partial charge < -0.3 is 14.8 Å². The van der Waals surface area contributed by atoms with Crippen LogP contribution in [0.5, 0.6) is 11.5 Å². The van der Waals surface area contributed by atoms with E-state index in [0.717, 1.165) is 22.3 Å². The first-order valence-electron chi connectivity index (χ1n) is 10.6. The van der Waals surface area contributed by atoms with Gasteiger partial charge in [0, 0.05) is 5.69 Å². The maximum absolute atomic E-state index is 13.1. The van der Waals surface area contributed by atoms with Gasteiger partial charge >= 0.3 is 6.03 Å². The Morgan fingerprint density at radius 1 is 1.08 bits per heavy atom. The number of ether oxygens (including phenoxy) is 2. The largest absolute Gasteiger partial charge is 0.493 e. The van der Waals surface area contributed by atoms with E-state index in [2.05, 4.69) is 10.7 Å². The Balaban J connectivity index is 1.42. The maximum Gasteiger partial charge on any atom is 0.338 e. The maximum atomic E-state index is 13.1. The molecule has 7 nitrogen and oxygen atoms in total. The molecule has 12 heteroatoms. The summed E-state index contributed by atoms with van der Waals surface area (Å²) in [6.45, 7) is 0.227. The van der Waals surface area contributed by atoms with Crippen molar-refractivity contribution in [2.24, 2.45) is 0 Å². The number of urea groups is 1. The second-order valence-corrected chi connectivity index (χ2v) is 10.0. The monoisotopic (exact) mass is 577 g/mol. The minimum absolute atomic E-state index is 0.159. The fraction of sp³-hybridized carbons (Fsp3) is 0.0800. The van der Waals surface area contributed by atoms with Gasteiger partial charge in [0.2, 0.25) is 0 Å². The number of nitrogens with one attached hydrogen (secondary N) is 2. The Kier molecular flexibility index (Phi) is 8.55. The van der Waals surface area contributed by atoms with E-state index in [1.807, 2.05) is 0 Å². The molecule has 0 aliphatic carbocycles. The summed E-state index contributed by atoms with van der Waals surface area (Å²) in [6, 6.07) is 15.1. The molecule has 4 rings (SSSR count). The van der Waals surface area contributed by atoms with Crippen LogP contribution in [0.3, 0.4) is 0 Å². The van der Waals surface area contributed by atoms with Crippen molar-refractivity contribution >= 4 is 75.2 Å². The second-order valence-electron chi connectivity index (χ2n) is 7.54. The molecule has 190 valence electrons. The van der Waals surface area contributed by atoms with E-state index < -0.39 is 11.9 Å². The van der Waals surface area contributed by atoms with Crippen LogP contribution in [0.4, 0.5) is 14.9 Å². The van der Waals surface area contributed by atoms with E-state index in [0.29, 0.717) is 32.7 Å². The van der Waals surface area contributed by atoms with Crippen molar-refractivity contribution in [2.75, 3.05) is 12.4 Å². The highest BCUT2D eigenvalue weighted by atomic mass is 35.5. The average molecular weight is 578 g/mol. The van der Waals surface area contributed by atoms with Gasteiger partial charge in [-0.1, -0.05) is 53.2 Å². The average Bonchev–Trinajstić information content (AvgIpc) is 3.13. The molecule has 0 atom stereocenters. The minimum atomic E-state index is -0.680. The zero-order chi connectivity index (χ0) is 26.5. The third-order valence-electron chi connectivity index (χ3n) is 4.98. The Morgan fingerprint density at radius 2 is 1.84 bits per heavy atom. The number of hydrogen-bond donors (Lipinski definition) is 2. The lowest BCUT2D eigenvalue weighted by Gasteiger charge is -2.16. The summed E-state index contributed by atoms with van der Waals surface area (Å²) in [5, 5.41) is 4.17. The predicted octanol–water partition coefficient (Wildman–Crippen LogP) is 6.66. The lowest BCUT2D eigenvalue weighted by atomic mass is 10.2. The molecule has 0 bridgehead atoms. The van der Waals surface area contributed by atoms with Gasteiger partial charge in [-0.25, -0.2) is 14.6 Å². The summed E-state index contributed by atoms with van der Waals surface area (Å²) in [7, 11) is 1.50. The van der Waals surface area contributed by atoms with Crippen LogP contribution in [-0.2, 0) is 11.4 Å². The highest BCUT2D eigenvalue weighted by molar-refractivity contribution is 8.26. The van der Waals surface area contributed by atoms with E-state index in [-0.39, 0.29) is 21.8 Å². The molecule has 0 aromatic heterocycles. The summed E-state index contributed by atoms with van der Waals surface area (Å²) in [4.78, 5) is 25.6. The molecular formula is C25H18Cl2FN3O4S2. The molecule has 1 fully saturated rings. The molecule has 3 aromatic carbocycles. The first kappa shape index (κ1) is 26.7. The zero-order valence-electron chi connectivity index (χ0n) is 19.1. The van der Waals surface area contributed by atoms with Gasteiger partial charge in [0.15, 0.2) is 15.8 Å². The van der Waals surface area contributed by atoms with Crippen LogP contribution >= 0.6 is 47.2 Å². The number of thioether (sulfide) groups is 1. The lowest BCUT2D eigenvalue weighted by Crippen LogP contribution is -2.46. The summed E-state index contributed by atoms with van der Waals surface area (Å²) in [5.74, 6) is 0.121. The smallest absolute Gasteiger partial charge is 0.338 e. The predicted molar refractivity (Wildman–Crippen MR) is 147 cm³/mol. The number of nitrogens with zero attached hydrogens (tertiary/aromatic N) is 1. The first-order valence-corrected chi connectivity index (χ1v) is 12.6. The third kappa shape index (κ3) is 6.72. The van der Waals surface area contributed by atoms with Crippen molar-refractivity contribution in [1.82, 2.24) is 10.4 Å². The molecule has 1 saturated heterocycles. The number of hydrazine groups is 1.